The molecule has 0 aromatic carbocycles. The van der Waals surface area contributed by atoms with E-state index >= 15 is 0 Å². The lowest BCUT2D eigenvalue weighted by molar-refractivity contribution is -0.376. The highest BCUT2D eigenvalue weighted by atomic mass is 19.0. The van der Waals surface area contributed by atoms with E-state index in [0.29, 0.717) is 0 Å². The first-order valence-electron chi connectivity index (χ1n) is 2.08. The molecule has 4 nitrogen and oxygen atoms in total. The second-order valence-corrected chi connectivity index (χ2v) is 1.30. The van der Waals surface area contributed by atoms with E-state index in [2.05, 4.69) is 4.98 Å². The molecule has 2 N–H and O–H groups in total. The van der Waals surface area contributed by atoms with Gasteiger partial charge in [0, 0.05) is 0 Å². The van der Waals surface area contributed by atoms with Crippen LogP contribution in [0.1, 0.15) is 0 Å². The van der Waals surface area contributed by atoms with Crippen molar-refractivity contribution in [2.45, 2.75) is 0 Å². The van der Waals surface area contributed by atoms with Crippen molar-refractivity contribution >= 4 is 6.09 Å². The first-order valence-corrected chi connectivity index (χ1v) is 2.08. The zero-order valence-corrected chi connectivity index (χ0v) is 4.41. The maximum atomic E-state index is 10.0. The Morgan fingerprint density at radius 2 is 2.33 bits per heavy atom. The molecule has 0 saturated carbocycles. The van der Waals surface area contributed by atoms with Gasteiger partial charge in [-0.2, -0.15) is 4.79 Å². The van der Waals surface area contributed by atoms with E-state index < -0.39 is 6.09 Å². The highest BCUT2D eigenvalue weighted by molar-refractivity contribution is 5.67. The predicted octanol–water partition coefficient (Wildman–Crippen LogP) is -3.17. The third kappa shape index (κ3) is 1.52. The van der Waals surface area contributed by atoms with Gasteiger partial charge in [-0.25, -0.2) is 4.98 Å². The van der Waals surface area contributed by atoms with Crippen LogP contribution >= 0.6 is 0 Å². The molecule has 0 fully saturated rings. The molecule has 0 aliphatic heterocycles. The molecule has 5 heteroatoms. The number of nitrogens with zero attached hydrogens (tertiary/aromatic N) is 1. The van der Waals surface area contributed by atoms with Crippen molar-refractivity contribution in [3.8, 4) is 0 Å². The molecule has 50 valence electrons. The monoisotopic (exact) mass is 132 g/mol. The number of halogens is 1. The molecule has 0 aliphatic carbocycles. The van der Waals surface area contributed by atoms with E-state index in [0.717, 1.165) is 4.57 Å². The zero-order valence-electron chi connectivity index (χ0n) is 4.41. The zero-order chi connectivity index (χ0) is 5.98. The van der Waals surface area contributed by atoms with E-state index in [1.807, 2.05) is 0 Å². The van der Waals surface area contributed by atoms with E-state index in [1.54, 1.807) is 0 Å². The van der Waals surface area contributed by atoms with Crippen molar-refractivity contribution in [1.29, 1.82) is 0 Å². The fraction of sp³-hybridized carbons (Fsp3) is 0. The molecule has 0 unspecified atom stereocenters. The Bertz CT molecular complexity index is 184. The number of rotatable bonds is 0. The summed E-state index contributed by atoms with van der Waals surface area (Å²) in [5.41, 5.74) is 0. The van der Waals surface area contributed by atoms with E-state index in [4.69, 9.17) is 5.11 Å². The second-order valence-electron chi connectivity index (χ2n) is 1.30. The average Bonchev–Trinajstić information content (AvgIpc) is 2.12. The van der Waals surface area contributed by atoms with Crippen molar-refractivity contribution in [1.82, 2.24) is 4.57 Å². The van der Waals surface area contributed by atoms with E-state index in [-0.39, 0.29) is 4.70 Å². The van der Waals surface area contributed by atoms with Crippen LogP contribution in [0.2, 0.25) is 0 Å². The SMILES string of the molecule is O=C(O)n1cc[nH+]c1.[F-]. The van der Waals surface area contributed by atoms with Crippen LogP contribution in [0.4, 0.5) is 4.79 Å². The Kier molecular flexibility index (Phi) is 2.37. The molecule has 1 rings (SSSR count). The van der Waals surface area contributed by atoms with Gasteiger partial charge in [-0.15, -0.1) is 4.57 Å². The topological polar surface area (TPSA) is 56.4 Å². The Hall–Kier alpha value is -1.39. The molecular weight excluding hydrogens is 127 g/mol. The summed E-state index contributed by atoms with van der Waals surface area (Å²) >= 11 is 0. The largest absolute Gasteiger partial charge is 1.00 e. The number of hydrogen-bond donors (Lipinski definition) is 1. The van der Waals surface area contributed by atoms with Crippen LogP contribution in [0, 0.1) is 0 Å². The Morgan fingerprint density at radius 1 is 1.67 bits per heavy atom. The van der Waals surface area contributed by atoms with Crippen LogP contribution in [0.15, 0.2) is 18.7 Å². The number of aromatic amines is 1. The summed E-state index contributed by atoms with van der Waals surface area (Å²) in [5.74, 6) is 0. The highest BCUT2D eigenvalue weighted by Gasteiger charge is 2.03. The highest BCUT2D eigenvalue weighted by Crippen LogP contribution is 1.77. The lowest BCUT2D eigenvalue weighted by Gasteiger charge is -1.76. The quantitative estimate of drug-likeness (QED) is 0.405. The summed E-state index contributed by atoms with van der Waals surface area (Å²) in [7, 11) is 0. The van der Waals surface area contributed by atoms with Crippen LogP contribution < -0.4 is 9.69 Å². The Morgan fingerprint density at radius 3 is 2.56 bits per heavy atom. The molecule has 0 saturated heterocycles. The van der Waals surface area contributed by atoms with Crippen molar-refractivity contribution < 1.29 is 19.6 Å². The third-order valence-corrected chi connectivity index (χ3v) is 0.766. The Balaban J connectivity index is 0.000000640. The van der Waals surface area contributed by atoms with Gasteiger partial charge in [0.1, 0.15) is 12.4 Å². The average molecular weight is 132 g/mol. The summed E-state index contributed by atoms with van der Waals surface area (Å²) in [6, 6.07) is 0. The summed E-state index contributed by atoms with van der Waals surface area (Å²) in [4.78, 5) is 12.6. The fourth-order valence-corrected chi connectivity index (χ4v) is 0.409. The number of aromatic nitrogens is 2. The van der Waals surface area contributed by atoms with Crippen molar-refractivity contribution in [2.24, 2.45) is 0 Å². The molecule has 0 aliphatic rings. The number of carbonyl (C=O) groups is 1. The molecule has 1 aromatic heterocycles. The van der Waals surface area contributed by atoms with Crippen LogP contribution in [0.3, 0.4) is 0 Å². The molecule has 9 heavy (non-hydrogen) atoms. The summed E-state index contributed by atoms with van der Waals surface area (Å²) in [6.45, 7) is 0. The fourth-order valence-electron chi connectivity index (χ4n) is 0.409. The number of imidazole rings is 1. The predicted molar refractivity (Wildman–Crippen MR) is 24.4 cm³/mol. The van der Waals surface area contributed by atoms with Gasteiger partial charge >= 0.3 is 6.09 Å². The molecule has 0 bridgehead atoms. The van der Waals surface area contributed by atoms with Gasteiger partial charge in [0.15, 0.2) is 0 Å². The van der Waals surface area contributed by atoms with Gasteiger partial charge in [0.05, 0.1) is 0 Å². The van der Waals surface area contributed by atoms with E-state index in [1.165, 1.54) is 18.7 Å². The third-order valence-electron chi connectivity index (χ3n) is 0.766. The van der Waals surface area contributed by atoms with E-state index in [9.17, 15) is 4.79 Å². The molecule has 0 spiro atoms. The minimum atomic E-state index is -0.980. The number of nitrogens with one attached hydrogen (secondary N) is 1. The Labute approximate surface area is 50.1 Å². The lowest BCUT2D eigenvalue weighted by Crippen LogP contribution is -3.00. The smallest absolute Gasteiger partial charge is 0.509 e. The lowest BCUT2D eigenvalue weighted by atomic mass is 10.9. The standard InChI is InChI=1S/C4H4N2O2.FH/c7-4(8)6-2-1-5-3-6;/h1-3H,(H,7,8);1H. The van der Waals surface area contributed by atoms with Crippen LogP contribution in [0.25, 0.3) is 0 Å². The van der Waals surface area contributed by atoms with Gasteiger partial charge in [0.2, 0.25) is 0 Å². The number of carboxylic acid groups (broad SMARTS) is 1. The minimum absolute atomic E-state index is 0. The second kappa shape index (κ2) is 2.81. The number of hydrogen-bond acceptors (Lipinski definition) is 1. The van der Waals surface area contributed by atoms with Crippen molar-refractivity contribution in [3.05, 3.63) is 18.7 Å². The molecular formula is C4H5FN2O2. The molecule has 1 aromatic rings. The summed E-state index contributed by atoms with van der Waals surface area (Å²) in [6.07, 6.45) is 3.32. The minimum Gasteiger partial charge on any atom is -1.00 e. The normalized spacial score (nSPS) is 8.00. The number of H-pyrrole nitrogens is 1. The first kappa shape index (κ1) is 7.61. The first-order chi connectivity index (χ1) is 3.80. The molecule has 0 atom stereocenters. The van der Waals surface area contributed by atoms with Crippen LogP contribution in [-0.4, -0.2) is 15.8 Å². The maximum absolute atomic E-state index is 10.0. The van der Waals surface area contributed by atoms with Crippen molar-refractivity contribution in [2.75, 3.05) is 0 Å². The van der Waals surface area contributed by atoms with Gasteiger partial charge in [-0.1, -0.05) is 0 Å². The van der Waals surface area contributed by atoms with Gasteiger partial charge in [0.25, 0.3) is 6.33 Å². The van der Waals surface area contributed by atoms with Crippen LogP contribution in [0.5, 0.6) is 0 Å². The summed E-state index contributed by atoms with van der Waals surface area (Å²) < 4.78 is 1.03. The molecule has 0 amide bonds. The maximum Gasteiger partial charge on any atom is 0.509 e. The molecule has 1 heterocycles. The summed E-state index contributed by atoms with van der Waals surface area (Å²) in [5, 5.41) is 8.22. The van der Waals surface area contributed by atoms with Crippen molar-refractivity contribution in [3.63, 3.8) is 0 Å². The van der Waals surface area contributed by atoms with Gasteiger partial charge in [-0.3, -0.25) is 0 Å². The van der Waals surface area contributed by atoms with Crippen LogP contribution in [-0.2, 0) is 0 Å². The van der Waals surface area contributed by atoms with Gasteiger partial charge in [-0.05, 0) is 0 Å². The molecule has 0 radical (unpaired) electrons. The van der Waals surface area contributed by atoms with Gasteiger partial charge < -0.3 is 9.81 Å².